The molecule has 1 fully saturated rings. The number of hydrogen-bond acceptors (Lipinski definition) is 4. The van der Waals surface area contributed by atoms with Crippen LogP contribution in [0, 0.1) is 0 Å². The molecule has 0 amide bonds. The number of aliphatic hydroxyl groups excluding tert-OH is 1. The van der Waals surface area contributed by atoms with Crippen LogP contribution in [-0.4, -0.2) is 40.2 Å². The van der Waals surface area contributed by atoms with Gasteiger partial charge in [-0.2, -0.15) is 0 Å². The van der Waals surface area contributed by atoms with Crippen LogP contribution >= 0.6 is 0 Å². The molecule has 0 saturated carbocycles. The molecular formula is C18H20N2O2. The van der Waals surface area contributed by atoms with Gasteiger partial charge in [0.25, 0.3) is 0 Å². The second kappa shape index (κ2) is 5.71. The molecule has 1 aliphatic heterocycles. The zero-order valence-corrected chi connectivity index (χ0v) is 12.4. The van der Waals surface area contributed by atoms with E-state index >= 15 is 0 Å². The van der Waals surface area contributed by atoms with Crippen molar-refractivity contribution in [1.82, 2.24) is 9.88 Å². The van der Waals surface area contributed by atoms with E-state index in [9.17, 15) is 5.11 Å². The molecule has 1 saturated heterocycles. The number of rotatable bonds is 3. The summed E-state index contributed by atoms with van der Waals surface area (Å²) in [4.78, 5) is 6.38. The predicted octanol–water partition coefficient (Wildman–Crippen LogP) is 2.19. The van der Waals surface area contributed by atoms with Crippen molar-refractivity contribution < 1.29 is 9.84 Å². The molecule has 2 aromatic rings. The Morgan fingerprint density at radius 3 is 2.77 bits per heavy atom. The Labute approximate surface area is 130 Å². The van der Waals surface area contributed by atoms with Crippen LogP contribution < -0.4 is 4.74 Å². The number of aromatic nitrogens is 1. The molecule has 1 N–H and O–H groups in total. The van der Waals surface area contributed by atoms with Gasteiger partial charge in [-0.3, -0.25) is 9.88 Å². The van der Waals surface area contributed by atoms with Crippen molar-refractivity contribution >= 4 is 0 Å². The molecule has 3 unspecified atom stereocenters. The first-order valence-corrected chi connectivity index (χ1v) is 7.88. The van der Waals surface area contributed by atoms with Crippen molar-refractivity contribution in [2.75, 3.05) is 13.1 Å². The van der Waals surface area contributed by atoms with Crippen molar-refractivity contribution in [3.8, 4) is 5.75 Å². The van der Waals surface area contributed by atoms with Gasteiger partial charge in [0.15, 0.2) is 0 Å². The first-order valence-electron chi connectivity index (χ1n) is 7.88. The lowest BCUT2D eigenvalue weighted by Gasteiger charge is -2.26. The third-order valence-corrected chi connectivity index (χ3v) is 4.77. The van der Waals surface area contributed by atoms with E-state index < -0.39 is 0 Å². The summed E-state index contributed by atoms with van der Waals surface area (Å²) in [6, 6.07) is 12.2. The monoisotopic (exact) mass is 296 g/mol. The topological polar surface area (TPSA) is 45.6 Å². The maximum absolute atomic E-state index is 10.6. The number of hydrogen-bond donors (Lipinski definition) is 1. The summed E-state index contributed by atoms with van der Waals surface area (Å²) < 4.78 is 6.01. The fourth-order valence-corrected chi connectivity index (χ4v) is 3.64. The summed E-state index contributed by atoms with van der Waals surface area (Å²) in [5, 5.41) is 10.6. The quantitative estimate of drug-likeness (QED) is 0.943. The molecule has 1 aromatic heterocycles. The first-order chi connectivity index (χ1) is 10.8. The zero-order valence-electron chi connectivity index (χ0n) is 12.4. The summed E-state index contributed by atoms with van der Waals surface area (Å²) in [7, 11) is 0. The van der Waals surface area contributed by atoms with Gasteiger partial charge in [0.2, 0.25) is 0 Å². The minimum absolute atomic E-state index is 0.184. The molecule has 0 spiro atoms. The van der Waals surface area contributed by atoms with Crippen LogP contribution in [0.4, 0.5) is 0 Å². The first kappa shape index (κ1) is 13.7. The number of pyridine rings is 1. The minimum Gasteiger partial charge on any atom is -0.489 e. The van der Waals surface area contributed by atoms with Crippen LogP contribution in [0.1, 0.15) is 23.7 Å². The summed E-state index contributed by atoms with van der Waals surface area (Å²) in [6.45, 7) is 1.85. The van der Waals surface area contributed by atoms with Gasteiger partial charge >= 0.3 is 0 Å². The average molecular weight is 296 g/mol. The third kappa shape index (κ3) is 2.49. The maximum Gasteiger partial charge on any atom is 0.122 e. The molecule has 4 nitrogen and oxygen atoms in total. The molecule has 4 rings (SSSR count). The Balaban J connectivity index is 1.42. The lowest BCUT2D eigenvalue weighted by Crippen LogP contribution is -2.37. The number of nitrogens with zero attached hydrogens (tertiary/aromatic N) is 2. The normalized spacial score (nSPS) is 27.8. The average Bonchev–Trinajstić information content (AvgIpc) is 3.14. The molecule has 114 valence electrons. The van der Waals surface area contributed by atoms with Crippen LogP contribution in [0.5, 0.6) is 5.75 Å². The standard InChI is InChI=1S/C18H20N2O2/c21-18-16-4-2-1-3-13(16)11-17(18)20-10-7-15(12-20)22-14-5-8-19-9-6-14/h1-6,8-9,15,17-18,21H,7,10-12H2. The van der Waals surface area contributed by atoms with Gasteiger partial charge in [-0.25, -0.2) is 0 Å². The number of likely N-dealkylation sites (tertiary alicyclic amines) is 1. The molecule has 3 atom stereocenters. The predicted molar refractivity (Wildman–Crippen MR) is 83.7 cm³/mol. The molecule has 0 radical (unpaired) electrons. The van der Waals surface area contributed by atoms with E-state index in [0.29, 0.717) is 0 Å². The lowest BCUT2D eigenvalue weighted by molar-refractivity contribution is 0.0677. The largest absolute Gasteiger partial charge is 0.489 e. The van der Waals surface area contributed by atoms with E-state index in [0.717, 1.165) is 37.2 Å². The van der Waals surface area contributed by atoms with E-state index in [2.05, 4.69) is 16.0 Å². The van der Waals surface area contributed by atoms with E-state index in [1.54, 1.807) is 12.4 Å². The van der Waals surface area contributed by atoms with E-state index in [1.807, 2.05) is 30.3 Å². The SMILES string of the molecule is OC1c2ccccc2CC1N1CCC(Oc2ccncc2)C1. The Kier molecular flexibility index (Phi) is 3.56. The van der Waals surface area contributed by atoms with Crippen molar-refractivity contribution in [2.24, 2.45) is 0 Å². The molecular weight excluding hydrogens is 276 g/mol. The molecule has 22 heavy (non-hydrogen) atoms. The molecule has 1 aromatic carbocycles. The molecule has 4 heteroatoms. The number of ether oxygens (including phenoxy) is 1. The Hall–Kier alpha value is -1.91. The van der Waals surface area contributed by atoms with Gasteiger partial charge in [-0.15, -0.1) is 0 Å². The Morgan fingerprint density at radius 1 is 1.14 bits per heavy atom. The highest BCUT2D eigenvalue weighted by atomic mass is 16.5. The van der Waals surface area contributed by atoms with Gasteiger partial charge in [-0.1, -0.05) is 24.3 Å². The Bertz CT molecular complexity index is 647. The van der Waals surface area contributed by atoms with Crippen LogP contribution in [-0.2, 0) is 6.42 Å². The fraction of sp³-hybridized carbons (Fsp3) is 0.389. The summed E-state index contributed by atoms with van der Waals surface area (Å²) in [5.41, 5.74) is 2.37. The number of aliphatic hydroxyl groups is 1. The van der Waals surface area contributed by atoms with Crippen LogP contribution in [0.3, 0.4) is 0 Å². The third-order valence-electron chi connectivity index (χ3n) is 4.77. The second-order valence-corrected chi connectivity index (χ2v) is 6.12. The summed E-state index contributed by atoms with van der Waals surface area (Å²) in [5.74, 6) is 0.872. The van der Waals surface area contributed by atoms with Crippen LogP contribution in [0.25, 0.3) is 0 Å². The fourth-order valence-electron chi connectivity index (χ4n) is 3.64. The van der Waals surface area contributed by atoms with Crippen LogP contribution in [0.2, 0.25) is 0 Å². The smallest absolute Gasteiger partial charge is 0.122 e. The van der Waals surface area contributed by atoms with Crippen molar-refractivity contribution in [3.63, 3.8) is 0 Å². The van der Waals surface area contributed by atoms with Gasteiger partial charge in [0, 0.05) is 31.5 Å². The van der Waals surface area contributed by atoms with Crippen molar-refractivity contribution in [1.29, 1.82) is 0 Å². The lowest BCUT2D eigenvalue weighted by atomic mass is 10.1. The van der Waals surface area contributed by atoms with Crippen LogP contribution in [0.15, 0.2) is 48.8 Å². The summed E-state index contributed by atoms with van der Waals surface area (Å²) in [6.07, 6.45) is 5.24. The highest BCUT2D eigenvalue weighted by molar-refractivity contribution is 5.36. The number of fused-ring (bicyclic) bond motifs is 1. The Morgan fingerprint density at radius 2 is 1.95 bits per heavy atom. The molecule has 2 heterocycles. The second-order valence-electron chi connectivity index (χ2n) is 6.12. The van der Waals surface area contributed by atoms with Gasteiger partial charge in [0.05, 0.1) is 6.10 Å². The van der Waals surface area contributed by atoms with E-state index in [1.165, 1.54) is 5.56 Å². The molecule has 1 aliphatic carbocycles. The number of benzene rings is 1. The molecule has 2 aliphatic rings. The van der Waals surface area contributed by atoms with Gasteiger partial charge < -0.3 is 9.84 Å². The van der Waals surface area contributed by atoms with Crippen molar-refractivity contribution in [3.05, 3.63) is 59.9 Å². The highest BCUT2D eigenvalue weighted by Gasteiger charge is 2.38. The van der Waals surface area contributed by atoms with Crippen molar-refractivity contribution in [2.45, 2.75) is 31.1 Å². The zero-order chi connectivity index (χ0) is 14.9. The van der Waals surface area contributed by atoms with E-state index in [4.69, 9.17) is 4.74 Å². The summed E-state index contributed by atoms with van der Waals surface area (Å²) >= 11 is 0. The van der Waals surface area contributed by atoms with Gasteiger partial charge in [-0.05, 0) is 36.1 Å². The molecule has 0 bridgehead atoms. The minimum atomic E-state index is -0.379. The van der Waals surface area contributed by atoms with E-state index in [-0.39, 0.29) is 18.2 Å². The maximum atomic E-state index is 10.6. The highest BCUT2D eigenvalue weighted by Crippen LogP contribution is 2.36. The van der Waals surface area contributed by atoms with Gasteiger partial charge in [0.1, 0.15) is 11.9 Å².